The quantitative estimate of drug-likeness (QED) is 0.765. The highest BCUT2D eigenvalue weighted by molar-refractivity contribution is 9.10. The summed E-state index contributed by atoms with van der Waals surface area (Å²) in [6, 6.07) is 0.769. The number of hydrogen-bond acceptors (Lipinski definition) is 2. The van der Waals surface area contributed by atoms with Gasteiger partial charge in [0.25, 0.3) is 0 Å². The van der Waals surface area contributed by atoms with Crippen LogP contribution in [0.4, 0.5) is 0 Å². The van der Waals surface area contributed by atoms with Crippen LogP contribution >= 0.6 is 15.9 Å². The Kier molecular flexibility index (Phi) is 6.09. The van der Waals surface area contributed by atoms with Crippen LogP contribution in [0.5, 0.6) is 0 Å². The largest absolute Gasteiger partial charge is 0.295 e. The van der Waals surface area contributed by atoms with Crippen LogP contribution in [-0.2, 0) is 19.5 Å². The van der Waals surface area contributed by atoms with E-state index in [-0.39, 0.29) is 0 Å². The van der Waals surface area contributed by atoms with Crippen molar-refractivity contribution in [1.82, 2.24) is 14.7 Å². The van der Waals surface area contributed by atoms with Gasteiger partial charge in [-0.05, 0) is 48.7 Å². The molecule has 0 radical (unpaired) electrons. The molecule has 1 fully saturated rings. The van der Waals surface area contributed by atoms with Crippen LogP contribution in [0, 0.1) is 0 Å². The summed E-state index contributed by atoms with van der Waals surface area (Å²) in [5, 5.41) is 4.72. The van der Waals surface area contributed by atoms with E-state index in [0.29, 0.717) is 0 Å². The molecule has 0 atom stereocenters. The van der Waals surface area contributed by atoms with Crippen LogP contribution < -0.4 is 0 Å². The van der Waals surface area contributed by atoms with E-state index in [1.807, 2.05) is 0 Å². The first-order valence-corrected chi connectivity index (χ1v) is 8.98. The normalized spacial score (nSPS) is 17.1. The van der Waals surface area contributed by atoms with Gasteiger partial charge in [0.15, 0.2) is 0 Å². The Hall–Kier alpha value is -0.350. The fraction of sp³-hybridized carbons (Fsp3) is 0.812. The van der Waals surface area contributed by atoms with E-state index in [4.69, 9.17) is 5.10 Å². The number of halogens is 1. The molecule has 0 spiro atoms. The van der Waals surface area contributed by atoms with Crippen LogP contribution in [0.1, 0.15) is 64.3 Å². The highest BCUT2D eigenvalue weighted by Gasteiger charge is 2.23. The number of aromatic nitrogens is 2. The summed E-state index contributed by atoms with van der Waals surface area (Å²) >= 11 is 3.77. The second-order valence-electron chi connectivity index (χ2n) is 5.73. The molecule has 4 heteroatoms. The van der Waals surface area contributed by atoms with E-state index in [1.165, 1.54) is 48.0 Å². The molecule has 114 valence electrons. The summed E-state index contributed by atoms with van der Waals surface area (Å²) in [7, 11) is 0. The molecule has 1 saturated carbocycles. The summed E-state index contributed by atoms with van der Waals surface area (Å²) in [5.41, 5.74) is 2.55. The van der Waals surface area contributed by atoms with Gasteiger partial charge < -0.3 is 0 Å². The molecular weight excluding hydrogens is 314 g/mol. The number of nitrogens with zero attached hydrogens (tertiary/aromatic N) is 3. The first-order chi connectivity index (χ1) is 9.71. The van der Waals surface area contributed by atoms with Gasteiger partial charge >= 0.3 is 0 Å². The molecule has 2 rings (SSSR count). The Morgan fingerprint density at radius 2 is 1.90 bits per heavy atom. The lowest BCUT2D eigenvalue weighted by molar-refractivity contribution is 0.151. The van der Waals surface area contributed by atoms with Gasteiger partial charge in [0.2, 0.25) is 0 Å². The monoisotopic (exact) mass is 341 g/mol. The van der Waals surface area contributed by atoms with Gasteiger partial charge in [0.05, 0.1) is 15.9 Å². The number of hydrogen-bond donors (Lipinski definition) is 0. The lowest BCUT2D eigenvalue weighted by Gasteiger charge is -2.33. The fourth-order valence-electron chi connectivity index (χ4n) is 3.31. The van der Waals surface area contributed by atoms with Crippen molar-refractivity contribution in [3.8, 4) is 0 Å². The maximum atomic E-state index is 4.72. The predicted molar refractivity (Wildman–Crippen MR) is 87.9 cm³/mol. The van der Waals surface area contributed by atoms with Gasteiger partial charge in [-0.3, -0.25) is 9.58 Å². The van der Waals surface area contributed by atoms with Crippen LogP contribution in [0.3, 0.4) is 0 Å². The number of aryl methyl sites for hydroxylation is 2. The third-order valence-corrected chi connectivity index (χ3v) is 5.46. The van der Waals surface area contributed by atoms with Gasteiger partial charge in [-0.2, -0.15) is 5.10 Å². The molecule has 0 aliphatic heterocycles. The van der Waals surface area contributed by atoms with E-state index >= 15 is 0 Å². The zero-order valence-corrected chi connectivity index (χ0v) is 14.7. The van der Waals surface area contributed by atoms with Crippen molar-refractivity contribution >= 4 is 15.9 Å². The summed E-state index contributed by atoms with van der Waals surface area (Å²) in [6.45, 7) is 9.76. The van der Waals surface area contributed by atoms with Crippen molar-refractivity contribution in [3.05, 3.63) is 15.9 Å². The molecule has 0 N–H and O–H groups in total. The Bertz CT molecular complexity index is 422. The maximum absolute atomic E-state index is 4.72. The summed E-state index contributed by atoms with van der Waals surface area (Å²) < 4.78 is 3.41. The first-order valence-electron chi connectivity index (χ1n) is 8.19. The molecule has 1 heterocycles. The van der Waals surface area contributed by atoms with Crippen molar-refractivity contribution in [2.75, 3.05) is 6.54 Å². The van der Waals surface area contributed by atoms with Crippen molar-refractivity contribution in [2.24, 2.45) is 0 Å². The second-order valence-corrected chi connectivity index (χ2v) is 6.52. The van der Waals surface area contributed by atoms with Crippen molar-refractivity contribution in [3.63, 3.8) is 0 Å². The molecule has 1 aromatic rings. The van der Waals surface area contributed by atoms with Crippen molar-refractivity contribution in [1.29, 1.82) is 0 Å². The lowest BCUT2D eigenvalue weighted by atomic mass is 9.94. The average Bonchev–Trinajstić information content (AvgIpc) is 2.81. The highest BCUT2D eigenvalue weighted by Crippen LogP contribution is 2.28. The third-order valence-electron chi connectivity index (χ3n) is 4.54. The molecule has 20 heavy (non-hydrogen) atoms. The second kappa shape index (κ2) is 7.60. The Morgan fingerprint density at radius 1 is 1.20 bits per heavy atom. The summed E-state index contributed by atoms with van der Waals surface area (Å²) in [5.74, 6) is 0. The molecular formula is C16H28BrN3. The molecule has 0 amide bonds. The molecule has 3 nitrogen and oxygen atoms in total. The third kappa shape index (κ3) is 3.45. The standard InChI is InChI=1S/C16H28BrN3/c1-4-14-16(17)15(20(6-3)18-14)12-19(5-2)13-10-8-7-9-11-13/h13H,4-12H2,1-3H3. The Morgan fingerprint density at radius 3 is 2.45 bits per heavy atom. The Balaban J connectivity index is 2.15. The van der Waals surface area contributed by atoms with Crippen LogP contribution in [0.15, 0.2) is 4.47 Å². The molecule has 0 bridgehead atoms. The maximum Gasteiger partial charge on any atom is 0.0767 e. The van der Waals surface area contributed by atoms with E-state index < -0.39 is 0 Å². The average molecular weight is 342 g/mol. The van der Waals surface area contributed by atoms with Gasteiger partial charge in [-0.25, -0.2) is 0 Å². The summed E-state index contributed by atoms with van der Waals surface area (Å²) in [4.78, 5) is 2.65. The Labute approximate surface area is 131 Å². The van der Waals surface area contributed by atoms with E-state index in [9.17, 15) is 0 Å². The topological polar surface area (TPSA) is 21.1 Å². The molecule has 0 unspecified atom stereocenters. The molecule has 0 aromatic carbocycles. The minimum atomic E-state index is 0.769. The van der Waals surface area contributed by atoms with Gasteiger partial charge in [-0.1, -0.05) is 33.1 Å². The number of rotatable bonds is 6. The van der Waals surface area contributed by atoms with Crippen molar-refractivity contribution < 1.29 is 0 Å². The zero-order chi connectivity index (χ0) is 14.5. The fourth-order valence-corrected chi connectivity index (χ4v) is 4.00. The smallest absolute Gasteiger partial charge is 0.0767 e. The SMILES string of the molecule is CCc1nn(CC)c(CN(CC)C2CCCCC2)c1Br. The van der Waals surface area contributed by atoms with Gasteiger partial charge in [-0.15, -0.1) is 0 Å². The molecule has 1 aliphatic rings. The summed E-state index contributed by atoms with van der Waals surface area (Å²) in [6.07, 6.45) is 7.95. The van der Waals surface area contributed by atoms with Crippen LogP contribution in [0.25, 0.3) is 0 Å². The highest BCUT2D eigenvalue weighted by atomic mass is 79.9. The predicted octanol–water partition coefficient (Wildman–Crippen LogP) is 4.38. The zero-order valence-electron chi connectivity index (χ0n) is 13.2. The molecule has 1 aliphatic carbocycles. The minimum absolute atomic E-state index is 0.769. The van der Waals surface area contributed by atoms with Crippen LogP contribution in [-0.4, -0.2) is 27.3 Å². The first kappa shape index (κ1) is 16.0. The van der Waals surface area contributed by atoms with E-state index in [0.717, 1.165) is 32.1 Å². The molecule has 1 aromatic heterocycles. The van der Waals surface area contributed by atoms with Gasteiger partial charge in [0, 0.05) is 19.1 Å². The lowest BCUT2D eigenvalue weighted by Crippen LogP contribution is -2.36. The van der Waals surface area contributed by atoms with Crippen molar-refractivity contribution in [2.45, 2.75) is 78.4 Å². The van der Waals surface area contributed by atoms with Crippen LogP contribution in [0.2, 0.25) is 0 Å². The van der Waals surface area contributed by atoms with E-state index in [2.05, 4.69) is 46.3 Å². The van der Waals surface area contributed by atoms with E-state index in [1.54, 1.807) is 0 Å². The van der Waals surface area contributed by atoms with Gasteiger partial charge in [0.1, 0.15) is 0 Å². The molecule has 0 saturated heterocycles. The minimum Gasteiger partial charge on any atom is -0.295 e.